The van der Waals surface area contributed by atoms with E-state index in [-0.39, 0.29) is 0 Å². The van der Waals surface area contributed by atoms with Gasteiger partial charge in [0.05, 0.1) is 12.0 Å². The van der Waals surface area contributed by atoms with Gasteiger partial charge >= 0.3 is 0 Å². The number of hydrogen-bond donors (Lipinski definition) is 1. The van der Waals surface area contributed by atoms with Crippen LogP contribution < -0.4 is 5.32 Å². The van der Waals surface area contributed by atoms with E-state index in [1.54, 1.807) is 0 Å². The van der Waals surface area contributed by atoms with Crippen LogP contribution in [0.1, 0.15) is 34.1 Å². The van der Waals surface area contributed by atoms with E-state index in [1.807, 2.05) is 6.26 Å². The highest BCUT2D eigenvalue weighted by molar-refractivity contribution is 5.13. The molecule has 0 fully saturated rings. The fourth-order valence-electron chi connectivity index (χ4n) is 1.57. The molecule has 0 atom stereocenters. The molecule has 1 heterocycles. The Hall–Kier alpha value is -0.920. The Morgan fingerprint density at radius 2 is 1.93 bits per heavy atom. The topological polar surface area (TPSA) is 21.3 Å². The molecule has 0 aromatic heterocycles. The van der Waals surface area contributed by atoms with Crippen LogP contribution in [0.5, 0.6) is 0 Å². The highest BCUT2D eigenvalue weighted by atomic mass is 16.5. The van der Waals surface area contributed by atoms with E-state index in [4.69, 9.17) is 4.74 Å². The van der Waals surface area contributed by atoms with Gasteiger partial charge in [0.1, 0.15) is 5.76 Å². The summed E-state index contributed by atoms with van der Waals surface area (Å²) in [6.45, 7) is 9.71. The third kappa shape index (κ3) is 2.79. The van der Waals surface area contributed by atoms with Crippen LogP contribution in [0.3, 0.4) is 0 Å². The van der Waals surface area contributed by atoms with Crippen LogP contribution in [0, 0.1) is 11.8 Å². The fraction of sp³-hybridized carbons (Fsp3) is 0.667. The van der Waals surface area contributed by atoms with Crippen molar-refractivity contribution in [3.63, 3.8) is 0 Å². The fourth-order valence-corrected chi connectivity index (χ4v) is 1.57. The van der Waals surface area contributed by atoms with Crippen molar-refractivity contribution in [2.45, 2.75) is 34.1 Å². The van der Waals surface area contributed by atoms with E-state index < -0.39 is 0 Å². The van der Waals surface area contributed by atoms with Crippen molar-refractivity contribution in [3.8, 4) is 0 Å². The van der Waals surface area contributed by atoms with Crippen LogP contribution in [-0.2, 0) is 4.74 Å². The highest BCUT2D eigenvalue weighted by Gasteiger charge is 2.15. The third-order valence-electron chi connectivity index (χ3n) is 2.28. The third-order valence-corrected chi connectivity index (χ3v) is 2.28. The van der Waals surface area contributed by atoms with E-state index in [2.05, 4.69) is 39.1 Å². The smallest absolute Gasteiger partial charge is 0.125 e. The van der Waals surface area contributed by atoms with Crippen molar-refractivity contribution < 1.29 is 4.74 Å². The maximum Gasteiger partial charge on any atom is 0.125 e. The van der Waals surface area contributed by atoms with Gasteiger partial charge in [-0.3, -0.25) is 0 Å². The minimum Gasteiger partial charge on any atom is -0.468 e. The van der Waals surface area contributed by atoms with Gasteiger partial charge in [0.15, 0.2) is 0 Å². The first kappa shape index (κ1) is 11.2. The lowest BCUT2D eigenvalue weighted by molar-refractivity contribution is 0.283. The molecule has 80 valence electrons. The molecule has 0 aliphatic carbocycles. The molecule has 0 amide bonds. The van der Waals surface area contributed by atoms with Gasteiger partial charge in [0.2, 0.25) is 0 Å². The van der Waals surface area contributed by atoms with Gasteiger partial charge in [-0.05, 0) is 18.4 Å². The van der Waals surface area contributed by atoms with Crippen LogP contribution in [-0.4, -0.2) is 6.54 Å². The Morgan fingerprint density at radius 3 is 2.50 bits per heavy atom. The van der Waals surface area contributed by atoms with Crippen molar-refractivity contribution in [3.05, 3.63) is 23.8 Å². The molecule has 0 saturated heterocycles. The summed E-state index contributed by atoms with van der Waals surface area (Å²) < 4.78 is 5.65. The first-order valence-corrected chi connectivity index (χ1v) is 5.42. The van der Waals surface area contributed by atoms with E-state index in [0.29, 0.717) is 11.8 Å². The molecule has 1 aliphatic rings. The maximum atomic E-state index is 5.65. The second-order valence-corrected chi connectivity index (χ2v) is 4.29. The molecule has 2 heteroatoms. The van der Waals surface area contributed by atoms with Crippen molar-refractivity contribution >= 4 is 0 Å². The molecule has 0 spiro atoms. The minimum atomic E-state index is 0.433. The summed E-state index contributed by atoms with van der Waals surface area (Å²) >= 11 is 0. The zero-order chi connectivity index (χ0) is 10.6. The largest absolute Gasteiger partial charge is 0.468 e. The predicted molar refractivity (Wildman–Crippen MR) is 59.5 cm³/mol. The molecular formula is C12H21NO. The Bertz CT molecular complexity index is 239. The summed E-state index contributed by atoms with van der Waals surface area (Å²) in [5.41, 5.74) is 1.25. The van der Waals surface area contributed by atoms with Crippen LogP contribution in [0.2, 0.25) is 0 Å². The Labute approximate surface area is 87.0 Å². The number of ether oxygens (including phenoxy) is 1. The SMILES string of the molecule is CC(C)/C1=C(\C(C)C)O/C=C\CCN1. The summed E-state index contributed by atoms with van der Waals surface area (Å²) in [6.07, 6.45) is 4.91. The number of allylic oxidation sites excluding steroid dienone is 2. The molecule has 2 nitrogen and oxygen atoms in total. The predicted octanol–water partition coefficient (Wildman–Crippen LogP) is 3.03. The zero-order valence-corrected chi connectivity index (χ0v) is 9.63. The standard InChI is InChI=1S/C12H21NO/c1-9(2)11-12(10(3)4)14-8-6-5-7-13-11/h6,8-10,13H,5,7H2,1-4H3/b8-6-,12-11-. The molecule has 0 radical (unpaired) electrons. The van der Waals surface area contributed by atoms with Crippen LogP contribution in [0.15, 0.2) is 23.8 Å². The average molecular weight is 195 g/mol. The monoisotopic (exact) mass is 195 g/mol. The normalized spacial score (nSPS) is 25.3. The molecule has 1 rings (SSSR count). The summed E-state index contributed by atoms with van der Waals surface area (Å²) in [5.74, 6) is 2.01. The minimum absolute atomic E-state index is 0.433. The summed E-state index contributed by atoms with van der Waals surface area (Å²) in [7, 11) is 0. The van der Waals surface area contributed by atoms with E-state index >= 15 is 0 Å². The lowest BCUT2D eigenvalue weighted by atomic mass is 10.0. The summed E-state index contributed by atoms with van der Waals surface area (Å²) in [5, 5.41) is 3.46. The lowest BCUT2D eigenvalue weighted by Crippen LogP contribution is -2.23. The van der Waals surface area contributed by atoms with Gasteiger partial charge in [-0.15, -0.1) is 0 Å². The van der Waals surface area contributed by atoms with Crippen LogP contribution in [0.4, 0.5) is 0 Å². The van der Waals surface area contributed by atoms with Gasteiger partial charge in [-0.1, -0.05) is 27.7 Å². The maximum absolute atomic E-state index is 5.65. The van der Waals surface area contributed by atoms with E-state index in [9.17, 15) is 0 Å². The molecular weight excluding hydrogens is 174 g/mol. The van der Waals surface area contributed by atoms with E-state index in [1.165, 1.54) is 5.70 Å². The number of rotatable bonds is 2. The quantitative estimate of drug-likeness (QED) is 0.731. The lowest BCUT2D eigenvalue weighted by Gasteiger charge is -2.22. The first-order valence-electron chi connectivity index (χ1n) is 5.42. The molecule has 14 heavy (non-hydrogen) atoms. The van der Waals surface area contributed by atoms with Crippen molar-refractivity contribution in [2.75, 3.05) is 6.54 Å². The van der Waals surface area contributed by atoms with Crippen LogP contribution >= 0.6 is 0 Å². The zero-order valence-electron chi connectivity index (χ0n) is 9.63. The number of hydrogen-bond acceptors (Lipinski definition) is 2. The van der Waals surface area contributed by atoms with E-state index in [0.717, 1.165) is 18.7 Å². The molecule has 1 aliphatic heterocycles. The molecule has 0 saturated carbocycles. The van der Waals surface area contributed by atoms with Crippen LogP contribution in [0.25, 0.3) is 0 Å². The van der Waals surface area contributed by atoms with Gasteiger partial charge < -0.3 is 10.1 Å². The van der Waals surface area contributed by atoms with Gasteiger partial charge in [0, 0.05) is 12.5 Å². The Kier molecular flexibility index (Phi) is 4.05. The average Bonchev–Trinajstić information content (AvgIpc) is 2.01. The second-order valence-electron chi connectivity index (χ2n) is 4.29. The van der Waals surface area contributed by atoms with Gasteiger partial charge in [-0.2, -0.15) is 0 Å². The first-order chi connectivity index (χ1) is 6.63. The second kappa shape index (κ2) is 5.08. The van der Waals surface area contributed by atoms with Gasteiger partial charge in [-0.25, -0.2) is 0 Å². The Morgan fingerprint density at radius 1 is 1.21 bits per heavy atom. The van der Waals surface area contributed by atoms with Crippen molar-refractivity contribution in [1.29, 1.82) is 0 Å². The molecule has 1 N–H and O–H groups in total. The number of nitrogens with one attached hydrogen (secondary N) is 1. The molecule has 0 bridgehead atoms. The van der Waals surface area contributed by atoms with Gasteiger partial charge in [0.25, 0.3) is 0 Å². The molecule has 0 aromatic carbocycles. The summed E-state index contributed by atoms with van der Waals surface area (Å²) in [6, 6.07) is 0. The summed E-state index contributed by atoms with van der Waals surface area (Å²) in [4.78, 5) is 0. The van der Waals surface area contributed by atoms with Crippen molar-refractivity contribution in [1.82, 2.24) is 5.32 Å². The molecule has 0 unspecified atom stereocenters. The Balaban J connectivity index is 2.92. The molecule has 0 aromatic rings. The van der Waals surface area contributed by atoms with Crippen molar-refractivity contribution in [2.24, 2.45) is 11.8 Å². The highest BCUT2D eigenvalue weighted by Crippen LogP contribution is 2.21.